The first-order valence-electron chi connectivity index (χ1n) is 11.3. The third kappa shape index (κ3) is 4.30. The van der Waals surface area contributed by atoms with Crippen molar-refractivity contribution in [2.45, 2.75) is 64.5 Å². The second-order valence-corrected chi connectivity index (χ2v) is 10.5. The minimum absolute atomic E-state index is 0.304. The number of aryl methyl sites for hydroxylation is 1. The normalized spacial score (nSPS) is 27.0. The summed E-state index contributed by atoms with van der Waals surface area (Å²) >= 11 is 7.96. The van der Waals surface area contributed by atoms with Crippen LogP contribution in [0.5, 0.6) is 0 Å². The van der Waals surface area contributed by atoms with E-state index < -0.39 is 0 Å². The highest BCUT2D eigenvalue weighted by Gasteiger charge is 2.34. The minimum atomic E-state index is 0.304. The maximum atomic E-state index is 6.38. The van der Waals surface area contributed by atoms with Gasteiger partial charge in [0.05, 0.1) is 18.3 Å². The molecule has 1 aromatic heterocycles. The van der Waals surface area contributed by atoms with Crippen molar-refractivity contribution in [2.24, 2.45) is 10.9 Å². The molecule has 0 radical (unpaired) electrons. The fraction of sp³-hybridized carbons (Fsp3) is 0.542. The van der Waals surface area contributed by atoms with Gasteiger partial charge in [-0.15, -0.1) is 0 Å². The Bertz CT molecular complexity index is 1020. The van der Waals surface area contributed by atoms with Crippen molar-refractivity contribution < 1.29 is 0 Å². The lowest BCUT2D eigenvalue weighted by molar-refractivity contribution is 0.358. The summed E-state index contributed by atoms with van der Waals surface area (Å²) in [4.78, 5) is 14.6. The fourth-order valence-electron chi connectivity index (χ4n) is 5.24. The Balaban J connectivity index is 1.47. The lowest BCUT2D eigenvalue weighted by Gasteiger charge is -2.36. The summed E-state index contributed by atoms with van der Waals surface area (Å²) in [5, 5.41) is 2.02. The highest BCUT2D eigenvalue weighted by atomic mass is 35.5. The van der Waals surface area contributed by atoms with Crippen molar-refractivity contribution >= 4 is 34.7 Å². The van der Waals surface area contributed by atoms with Crippen LogP contribution in [0.3, 0.4) is 0 Å². The molecule has 0 spiro atoms. The van der Waals surface area contributed by atoms with Crippen molar-refractivity contribution in [1.29, 1.82) is 0 Å². The molecule has 1 atom stereocenters. The minimum Gasteiger partial charge on any atom is -0.301 e. The Morgan fingerprint density at radius 3 is 2.61 bits per heavy atom. The molecule has 1 saturated carbocycles. The van der Waals surface area contributed by atoms with Crippen LogP contribution in [-0.2, 0) is 6.54 Å². The van der Waals surface area contributed by atoms with Gasteiger partial charge >= 0.3 is 0 Å². The average molecular weight is 456 g/mol. The van der Waals surface area contributed by atoms with Crippen molar-refractivity contribution in [3.63, 3.8) is 0 Å². The van der Waals surface area contributed by atoms with Gasteiger partial charge in [-0.25, -0.2) is 4.98 Å². The first-order chi connectivity index (χ1) is 15.0. The number of amidine groups is 1. The van der Waals surface area contributed by atoms with E-state index in [4.69, 9.17) is 16.6 Å². The number of aliphatic imine (C=N–C) groups is 1. The summed E-state index contributed by atoms with van der Waals surface area (Å²) in [6.07, 6.45) is 8.19. The van der Waals surface area contributed by atoms with Crippen molar-refractivity contribution in [3.05, 3.63) is 51.4 Å². The number of fused-ring (bicyclic) bond motifs is 3. The first-order valence-corrected chi connectivity index (χ1v) is 12.5. The zero-order chi connectivity index (χ0) is 21.5. The lowest BCUT2D eigenvalue weighted by Crippen LogP contribution is -2.38. The van der Waals surface area contributed by atoms with Gasteiger partial charge in [0, 0.05) is 23.2 Å². The van der Waals surface area contributed by atoms with Crippen LogP contribution >= 0.6 is 23.1 Å². The molecule has 5 rings (SSSR count). The molecule has 5 nitrogen and oxygen atoms in total. The molecule has 1 aliphatic carbocycles. The number of halogens is 1. The van der Waals surface area contributed by atoms with Crippen molar-refractivity contribution in [1.82, 2.24) is 14.3 Å². The number of benzene rings is 1. The zero-order valence-corrected chi connectivity index (χ0v) is 20.1. The molecule has 2 aromatic rings. The Morgan fingerprint density at radius 2 is 1.87 bits per heavy atom. The summed E-state index contributed by atoms with van der Waals surface area (Å²) in [6.45, 7) is 5.96. The van der Waals surface area contributed by atoms with E-state index in [-0.39, 0.29) is 0 Å². The van der Waals surface area contributed by atoms with Gasteiger partial charge in [-0.05, 0) is 94.2 Å². The molecule has 1 aromatic carbocycles. The molecule has 7 heteroatoms. The summed E-state index contributed by atoms with van der Waals surface area (Å²) in [5.74, 6) is 3.18. The number of likely N-dealkylation sites (N-methyl/N-ethyl adjacent to an activating group) is 1. The topological polar surface area (TPSA) is 44.6 Å². The molecule has 3 aliphatic rings. The number of nitrogens with zero attached hydrogens (tertiary/aromatic N) is 5. The Kier molecular flexibility index (Phi) is 5.88. The Hall–Kier alpha value is -1.76. The number of rotatable bonds is 2. The molecule has 164 valence electrons. The highest BCUT2D eigenvalue weighted by Crippen LogP contribution is 2.43. The standard InChI is InChI=1S/C24H30ClN5S/c1-15-4-10-21(17-5-7-18(8-6-17)24-27-16(2)28-31-24)30-22-11-9-20(25)12-19(22)13-29(3)14-23(30)26-15/h9-12,15,17-18H,4-8,13-14H2,1-3H3. The van der Waals surface area contributed by atoms with Gasteiger partial charge in [-0.3, -0.25) is 9.89 Å². The largest absolute Gasteiger partial charge is 0.301 e. The quantitative estimate of drug-likeness (QED) is 0.574. The molecule has 3 heterocycles. The molecular weight excluding hydrogens is 426 g/mol. The number of hydrogen-bond acceptors (Lipinski definition) is 6. The van der Waals surface area contributed by atoms with E-state index >= 15 is 0 Å². The molecule has 0 N–H and O–H groups in total. The molecular formula is C24H30ClN5S. The van der Waals surface area contributed by atoms with Gasteiger partial charge in [0.2, 0.25) is 0 Å². The van der Waals surface area contributed by atoms with Crippen LogP contribution in [0.15, 0.2) is 35.0 Å². The van der Waals surface area contributed by atoms with Crippen LogP contribution in [0.1, 0.15) is 61.3 Å². The predicted octanol–water partition coefficient (Wildman–Crippen LogP) is 5.80. The zero-order valence-electron chi connectivity index (χ0n) is 18.5. The van der Waals surface area contributed by atoms with E-state index in [2.05, 4.69) is 51.3 Å². The molecule has 0 amide bonds. The van der Waals surface area contributed by atoms with Crippen LogP contribution in [0.25, 0.3) is 0 Å². The van der Waals surface area contributed by atoms with Gasteiger partial charge in [0.15, 0.2) is 0 Å². The SMILES string of the molecule is Cc1nsc(C2CCC(C3=CCC(C)N=C4CN(C)Cc5cc(Cl)ccc5N34)CC2)n1. The van der Waals surface area contributed by atoms with E-state index in [1.807, 2.05) is 13.0 Å². The van der Waals surface area contributed by atoms with Crippen molar-refractivity contribution in [2.75, 3.05) is 18.5 Å². The number of hydrogen-bond donors (Lipinski definition) is 0. The molecule has 31 heavy (non-hydrogen) atoms. The van der Waals surface area contributed by atoms with Gasteiger partial charge in [-0.1, -0.05) is 17.7 Å². The van der Waals surface area contributed by atoms with Gasteiger partial charge < -0.3 is 4.90 Å². The fourth-order valence-corrected chi connectivity index (χ4v) is 6.26. The third-order valence-electron chi connectivity index (χ3n) is 6.73. The molecule has 0 saturated heterocycles. The maximum Gasteiger partial charge on any atom is 0.139 e. The molecule has 0 bridgehead atoms. The first kappa shape index (κ1) is 21.1. The summed E-state index contributed by atoms with van der Waals surface area (Å²) < 4.78 is 4.40. The third-order valence-corrected chi connectivity index (χ3v) is 7.93. The van der Waals surface area contributed by atoms with Gasteiger partial charge in [-0.2, -0.15) is 4.37 Å². The van der Waals surface area contributed by atoms with E-state index in [9.17, 15) is 0 Å². The van der Waals surface area contributed by atoms with Crippen molar-refractivity contribution in [3.8, 4) is 0 Å². The highest BCUT2D eigenvalue weighted by molar-refractivity contribution is 7.05. The second kappa shape index (κ2) is 8.64. The van der Waals surface area contributed by atoms with Crippen LogP contribution in [0.4, 0.5) is 5.69 Å². The van der Waals surface area contributed by atoms with Crippen LogP contribution in [-0.4, -0.2) is 39.7 Å². The Morgan fingerprint density at radius 1 is 1.10 bits per heavy atom. The average Bonchev–Trinajstić information content (AvgIpc) is 3.04. The van der Waals surface area contributed by atoms with Gasteiger partial charge in [0.25, 0.3) is 0 Å². The number of allylic oxidation sites excluding steroid dienone is 1. The van der Waals surface area contributed by atoms with E-state index in [1.54, 1.807) is 11.5 Å². The smallest absolute Gasteiger partial charge is 0.139 e. The Labute approximate surface area is 194 Å². The molecule has 1 unspecified atom stereocenters. The molecule has 2 aliphatic heterocycles. The second-order valence-electron chi connectivity index (χ2n) is 9.27. The molecule has 1 fully saturated rings. The van der Waals surface area contributed by atoms with E-state index in [0.717, 1.165) is 30.4 Å². The summed E-state index contributed by atoms with van der Waals surface area (Å²) in [5.41, 5.74) is 3.96. The van der Waals surface area contributed by atoms with E-state index in [0.29, 0.717) is 17.9 Å². The predicted molar refractivity (Wildman–Crippen MR) is 129 cm³/mol. The van der Waals surface area contributed by atoms with Gasteiger partial charge in [0.1, 0.15) is 16.7 Å². The summed E-state index contributed by atoms with van der Waals surface area (Å²) in [6, 6.07) is 6.63. The maximum absolute atomic E-state index is 6.38. The summed E-state index contributed by atoms with van der Waals surface area (Å²) in [7, 11) is 2.17. The van der Waals surface area contributed by atoms with Crippen LogP contribution < -0.4 is 4.90 Å². The lowest BCUT2D eigenvalue weighted by atomic mass is 9.80. The number of aromatic nitrogens is 2. The van der Waals surface area contributed by atoms with E-state index in [1.165, 1.54) is 53.5 Å². The monoisotopic (exact) mass is 455 g/mol. The van der Waals surface area contributed by atoms with Crippen LogP contribution in [0, 0.1) is 12.8 Å². The van der Waals surface area contributed by atoms with Crippen LogP contribution in [0.2, 0.25) is 5.02 Å². The number of anilines is 1.